The van der Waals surface area contributed by atoms with Crippen LogP contribution in [0.25, 0.3) is 0 Å². The lowest BCUT2D eigenvalue weighted by Crippen LogP contribution is -2.04. The molecule has 0 aliphatic heterocycles. The third kappa shape index (κ3) is 5.25. The fraction of sp³-hybridized carbons (Fsp3) is 0.333. The number of hydrogen-bond donors (Lipinski definition) is 0. The first-order valence-corrected chi connectivity index (χ1v) is 5.85. The van der Waals surface area contributed by atoms with Crippen molar-refractivity contribution in [3.63, 3.8) is 0 Å². The molecule has 1 rings (SSSR count). The Hall–Kier alpha value is -1.70. The van der Waals surface area contributed by atoms with Gasteiger partial charge in [-0.3, -0.25) is 9.59 Å². The van der Waals surface area contributed by atoms with Crippen LogP contribution in [0.2, 0.25) is 0 Å². The summed E-state index contributed by atoms with van der Waals surface area (Å²) >= 11 is 0. The molecule has 0 radical (unpaired) electrons. The van der Waals surface area contributed by atoms with Crippen LogP contribution in [0.3, 0.4) is 0 Å². The molecule has 0 fully saturated rings. The number of Topliss-reactive ketones (excluding diaryl/α,β-unsaturated/α-hetero) is 1. The highest BCUT2D eigenvalue weighted by atomic mass is 16.1. The van der Waals surface area contributed by atoms with Crippen molar-refractivity contribution >= 4 is 11.6 Å². The Labute approximate surface area is 102 Å². The van der Waals surface area contributed by atoms with Crippen molar-refractivity contribution in [3.05, 3.63) is 48.0 Å². The average Bonchev–Trinajstić information content (AvgIpc) is 2.30. The van der Waals surface area contributed by atoms with E-state index in [9.17, 15) is 9.59 Å². The summed E-state index contributed by atoms with van der Waals surface area (Å²) in [5.41, 5.74) is 1.01. The van der Waals surface area contributed by atoms with Gasteiger partial charge >= 0.3 is 0 Å². The molecular formula is C15H18O2. The summed E-state index contributed by atoms with van der Waals surface area (Å²) in [5.74, 6) is 0.192. The Kier molecular flexibility index (Phi) is 5.34. The Bertz CT molecular complexity index is 402. The lowest BCUT2D eigenvalue weighted by atomic mass is 10.1. The minimum absolute atomic E-state index is 0.00419. The van der Waals surface area contributed by atoms with Gasteiger partial charge in [-0.2, -0.15) is 0 Å². The molecule has 90 valence electrons. The molecule has 2 nitrogen and oxygen atoms in total. The van der Waals surface area contributed by atoms with Gasteiger partial charge in [0.1, 0.15) is 5.78 Å². The Balaban J connectivity index is 2.39. The van der Waals surface area contributed by atoms with Crippen LogP contribution in [0.15, 0.2) is 42.5 Å². The zero-order valence-corrected chi connectivity index (χ0v) is 10.3. The molecule has 0 aliphatic carbocycles. The standard InChI is InChI=1S/C15H18O2/c1-12(2)15(17)10-6-9-14(16)11-13-7-4-3-5-8-13/h3-8,10,12H,9,11H2,1-2H3/b10-6+. The molecule has 0 aromatic heterocycles. The summed E-state index contributed by atoms with van der Waals surface area (Å²) in [5, 5.41) is 0. The molecule has 17 heavy (non-hydrogen) atoms. The number of carbonyl (C=O) groups excluding carboxylic acids is 2. The topological polar surface area (TPSA) is 34.1 Å². The number of carbonyl (C=O) groups is 2. The van der Waals surface area contributed by atoms with Gasteiger partial charge in [0.25, 0.3) is 0 Å². The molecule has 1 aromatic carbocycles. The quantitative estimate of drug-likeness (QED) is 0.704. The van der Waals surface area contributed by atoms with E-state index < -0.39 is 0 Å². The Morgan fingerprint density at radius 2 is 1.82 bits per heavy atom. The predicted octanol–water partition coefficient (Wildman–Crippen LogP) is 2.97. The Morgan fingerprint density at radius 3 is 2.41 bits per heavy atom. The van der Waals surface area contributed by atoms with E-state index in [0.29, 0.717) is 12.8 Å². The van der Waals surface area contributed by atoms with E-state index in [1.807, 2.05) is 44.2 Å². The zero-order valence-electron chi connectivity index (χ0n) is 10.3. The fourth-order valence-electron chi connectivity index (χ4n) is 1.39. The molecule has 1 aromatic rings. The van der Waals surface area contributed by atoms with Gasteiger partial charge in [0.05, 0.1) is 0 Å². The van der Waals surface area contributed by atoms with Crippen LogP contribution in [-0.4, -0.2) is 11.6 Å². The van der Waals surface area contributed by atoms with Crippen molar-refractivity contribution in [2.24, 2.45) is 5.92 Å². The molecule has 0 heterocycles. The number of ketones is 2. The van der Waals surface area contributed by atoms with Gasteiger partial charge in [0.15, 0.2) is 5.78 Å². The minimum atomic E-state index is -0.00419. The maximum absolute atomic E-state index is 11.6. The van der Waals surface area contributed by atoms with Crippen LogP contribution < -0.4 is 0 Å². The maximum Gasteiger partial charge on any atom is 0.157 e. The van der Waals surface area contributed by atoms with Crippen molar-refractivity contribution in [2.75, 3.05) is 0 Å². The van der Waals surface area contributed by atoms with Crippen molar-refractivity contribution in [2.45, 2.75) is 26.7 Å². The zero-order chi connectivity index (χ0) is 12.7. The van der Waals surface area contributed by atoms with Gasteiger partial charge in [-0.25, -0.2) is 0 Å². The van der Waals surface area contributed by atoms with Crippen molar-refractivity contribution in [3.8, 4) is 0 Å². The number of hydrogen-bond acceptors (Lipinski definition) is 2. The van der Waals surface area contributed by atoms with Gasteiger partial charge < -0.3 is 0 Å². The first-order chi connectivity index (χ1) is 8.09. The molecule has 0 bridgehead atoms. The SMILES string of the molecule is CC(C)C(=O)/C=C/CC(=O)Cc1ccccc1. The highest BCUT2D eigenvalue weighted by Crippen LogP contribution is 2.03. The van der Waals surface area contributed by atoms with E-state index in [0.717, 1.165) is 5.56 Å². The first-order valence-electron chi connectivity index (χ1n) is 5.85. The third-order valence-electron chi connectivity index (χ3n) is 2.44. The van der Waals surface area contributed by atoms with E-state index in [2.05, 4.69) is 0 Å². The first kappa shape index (κ1) is 13.4. The number of benzene rings is 1. The fourth-order valence-corrected chi connectivity index (χ4v) is 1.39. The smallest absolute Gasteiger partial charge is 0.157 e. The molecular weight excluding hydrogens is 212 g/mol. The van der Waals surface area contributed by atoms with E-state index in [1.165, 1.54) is 6.08 Å². The second-order valence-electron chi connectivity index (χ2n) is 4.36. The van der Waals surface area contributed by atoms with Gasteiger partial charge in [0, 0.05) is 18.8 Å². The van der Waals surface area contributed by atoms with Crippen LogP contribution in [0, 0.1) is 5.92 Å². The number of rotatable bonds is 6. The third-order valence-corrected chi connectivity index (χ3v) is 2.44. The molecule has 0 spiro atoms. The molecule has 0 saturated heterocycles. The van der Waals surface area contributed by atoms with Crippen LogP contribution in [0.1, 0.15) is 25.8 Å². The van der Waals surface area contributed by atoms with Gasteiger partial charge in [-0.05, 0) is 11.6 Å². The highest BCUT2D eigenvalue weighted by Gasteiger charge is 2.03. The van der Waals surface area contributed by atoms with Crippen molar-refractivity contribution in [1.29, 1.82) is 0 Å². The van der Waals surface area contributed by atoms with Crippen LogP contribution in [0.4, 0.5) is 0 Å². The van der Waals surface area contributed by atoms with Crippen LogP contribution in [0.5, 0.6) is 0 Å². The molecule has 0 amide bonds. The van der Waals surface area contributed by atoms with Crippen molar-refractivity contribution < 1.29 is 9.59 Å². The molecule has 0 atom stereocenters. The maximum atomic E-state index is 11.6. The largest absolute Gasteiger partial charge is 0.299 e. The summed E-state index contributed by atoms with van der Waals surface area (Å²) in [6.07, 6.45) is 3.93. The van der Waals surface area contributed by atoms with Gasteiger partial charge in [-0.1, -0.05) is 50.3 Å². The Morgan fingerprint density at radius 1 is 1.18 bits per heavy atom. The summed E-state index contributed by atoms with van der Waals surface area (Å²) in [4.78, 5) is 22.9. The van der Waals surface area contributed by atoms with E-state index >= 15 is 0 Å². The number of allylic oxidation sites excluding steroid dienone is 2. The monoisotopic (exact) mass is 230 g/mol. The van der Waals surface area contributed by atoms with Gasteiger partial charge in [-0.15, -0.1) is 0 Å². The summed E-state index contributed by atoms with van der Waals surface area (Å²) < 4.78 is 0. The van der Waals surface area contributed by atoms with Gasteiger partial charge in [0.2, 0.25) is 0 Å². The van der Waals surface area contributed by atoms with Crippen LogP contribution in [-0.2, 0) is 16.0 Å². The normalized spacial score (nSPS) is 11.0. The van der Waals surface area contributed by atoms with E-state index in [1.54, 1.807) is 6.08 Å². The second-order valence-corrected chi connectivity index (χ2v) is 4.36. The lowest BCUT2D eigenvalue weighted by molar-refractivity contribution is -0.117. The van der Waals surface area contributed by atoms with Crippen LogP contribution >= 0.6 is 0 Å². The summed E-state index contributed by atoms with van der Waals surface area (Å²) in [6, 6.07) is 9.62. The highest BCUT2D eigenvalue weighted by molar-refractivity contribution is 5.92. The molecule has 0 aliphatic rings. The van der Waals surface area contributed by atoms with E-state index in [4.69, 9.17) is 0 Å². The molecule has 2 heteroatoms. The molecule has 0 unspecified atom stereocenters. The lowest BCUT2D eigenvalue weighted by Gasteiger charge is -1.99. The minimum Gasteiger partial charge on any atom is -0.299 e. The van der Waals surface area contributed by atoms with Crippen molar-refractivity contribution in [1.82, 2.24) is 0 Å². The molecule has 0 saturated carbocycles. The molecule has 0 N–H and O–H groups in total. The average molecular weight is 230 g/mol. The predicted molar refractivity (Wildman–Crippen MR) is 68.8 cm³/mol. The summed E-state index contributed by atoms with van der Waals surface area (Å²) in [6.45, 7) is 3.69. The van der Waals surface area contributed by atoms with E-state index in [-0.39, 0.29) is 17.5 Å². The summed E-state index contributed by atoms with van der Waals surface area (Å²) in [7, 11) is 0. The second kappa shape index (κ2) is 6.79.